The summed E-state index contributed by atoms with van der Waals surface area (Å²) >= 11 is 6.05. The molecule has 0 spiro atoms. The summed E-state index contributed by atoms with van der Waals surface area (Å²) in [6.45, 7) is 9.26. The molecule has 1 heterocycles. The average molecular weight is 443 g/mol. The van der Waals surface area contributed by atoms with Crippen molar-refractivity contribution >= 4 is 29.1 Å². The zero-order chi connectivity index (χ0) is 22.4. The fourth-order valence-electron chi connectivity index (χ4n) is 3.80. The molecule has 1 atom stereocenters. The Labute approximate surface area is 189 Å². The first kappa shape index (κ1) is 23.3. The highest BCUT2D eigenvalue weighted by atomic mass is 35.5. The Morgan fingerprint density at radius 2 is 1.68 bits per heavy atom. The van der Waals surface area contributed by atoms with Gasteiger partial charge in [-0.1, -0.05) is 41.9 Å². The number of carbonyl (C=O) groups is 2. The Morgan fingerprint density at radius 3 is 2.32 bits per heavy atom. The lowest BCUT2D eigenvalue weighted by Crippen LogP contribution is -2.52. The highest BCUT2D eigenvalue weighted by Crippen LogP contribution is 2.19. The van der Waals surface area contributed by atoms with Crippen LogP contribution in [0.5, 0.6) is 0 Å². The number of piperazine rings is 1. The van der Waals surface area contributed by atoms with Gasteiger partial charge in [0.25, 0.3) is 0 Å². The lowest BCUT2D eigenvalue weighted by molar-refractivity contribution is -0.132. The second-order valence-electron chi connectivity index (χ2n) is 8.13. The van der Waals surface area contributed by atoms with Crippen LogP contribution in [-0.4, -0.2) is 60.9 Å². The third-order valence-electron chi connectivity index (χ3n) is 5.75. The first-order chi connectivity index (χ1) is 14.8. The predicted octanol–water partition coefficient (Wildman–Crippen LogP) is 3.39. The minimum Gasteiger partial charge on any atom is -0.339 e. The van der Waals surface area contributed by atoms with Gasteiger partial charge in [0, 0.05) is 42.9 Å². The number of nitrogens with one attached hydrogen (secondary N) is 2. The molecule has 0 bridgehead atoms. The molecule has 1 fully saturated rings. The van der Waals surface area contributed by atoms with Gasteiger partial charge in [0.1, 0.15) is 0 Å². The van der Waals surface area contributed by atoms with Gasteiger partial charge in [-0.15, -0.1) is 0 Å². The van der Waals surface area contributed by atoms with Crippen molar-refractivity contribution in [2.75, 3.05) is 44.6 Å². The topological polar surface area (TPSA) is 64.7 Å². The van der Waals surface area contributed by atoms with Crippen LogP contribution in [0.25, 0.3) is 0 Å². The molecule has 1 saturated heterocycles. The van der Waals surface area contributed by atoms with Crippen LogP contribution >= 0.6 is 11.6 Å². The lowest BCUT2D eigenvalue weighted by atomic mass is 10.1. The summed E-state index contributed by atoms with van der Waals surface area (Å²) in [6.07, 6.45) is 0. The van der Waals surface area contributed by atoms with Crippen LogP contribution < -0.4 is 10.6 Å². The number of rotatable bonds is 7. The van der Waals surface area contributed by atoms with E-state index in [1.165, 1.54) is 0 Å². The third kappa shape index (κ3) is 6.53. The molecule has 1 aliphatic rings. The Morgan fingerprint density at radius 1 is 1.03 bits per heavy atom. The number of hydrogen-bond acceptors (Lipinski definition) is 4. The maximum Gasteiger partial charge on any atom is 0.238 e. The summed E-state index contributed by atoms with van der Waals surface area (Å²) in [4.78, 5) is 29.0. The molecule has 0 aliphatic carbocycles. The van der Waals surface area contributed by atoms with E-state index in [4.69, 9.17) is 11.6 Å². The summed E-state index contributed by atoms with van der Waals surface area (Å²) in [5.74, 6) is 0.0581. The highest BCUT2D eigenvalue weighted by molar-refractivity contribution is 6.30. The number of halogens is 1. The van der Waals surface area contributed by atoms with Crippen molar-refractivity contribution in [3.05, 3.63) is 64.2 Å². The van der Waals surface area contributed by atoms with E-state index < -0.39 is 0 Å². The van der Waals surface area contributed by atoms with Gasteiger partial charge in [-0.2, -0.15) is 0 Å². The van der Waals surface area contributed by atoms with Crippen LogP contribution in [-0.2, 0) is 9.59 Å². The monoisotopic (exact) mass is 442 g/mol. The molecule has 166 valence electrons. The van der Waals surface area contributed by atoms with E-state index in [1.54, 1.807) is 0 Å². The van der Waals surface area contributed by atoms with E-state index >= 15 is 0 Å². The zero-order valence-electron chi connectivity index (χ0n) is 18.5. The number of para-hydroxylation sites is 1. The fraction of sp³-hybridized carbons (Fsp3) is 0.417. The zero-order valence-corrected chi connectivity index (χ0v) is 19.2. The van der Waals surface area contributed by atoms with Crippen molar-refractivity contribution in [1.82, 2.24) is 15.1 Å². The Balaban J connectivity index is 1.41. The van der Waals surface area contributed by atoms with Crippen LogP contribution in [0.3, 0.4) is 0 Å². The highest BCUT2D eigenvalue weighted by Gasteiger charge is 2.23. The SMILES string of the molecule is Cc1cccc(C)c1NC(=O)CN1CCN(C(=O)CNC(C)c2cccc(Cl)c2)CC1. The maximum absolute atomic E-state index is 12.6. The van der Waals surface area contributed by atoms with Gasteiger partial charge < -0.3 is 15.5 Å². The van der Waals surface area contributed by atoms with Gasteiger partial charge in [0.05, 0.1) is 13.1 Å². The Bertz CT molecular complexity index is 905. The first-order valence-electron chi connectivity index (χ1n) is 10.7. The first-order valence-corrected chi connectivity index (χ1v) is 11.1. The number of anilines is 1. The van der Waals surface area contributed by atoms with E-state index in [-0.39, 0.29) is 24.4 Å². The van der Waals surface area contributed by atoms with Crippen molar-refractivity contribution < 1.29 is 9.59 Å². The molecule has 7 heteroatoms. The molecule has 2 aromatic carbocycles. The third-order valence-corrected chi connectivity index (χ3v) is 5.98. The molecule has 0 radical (unpaired) electrons. The van der Waals surface area contributed by atoms with Crippen molar-refractivity contribution in [2.45, 2.75) is 26.8 Å². The summed E-state index contributed by atoms with van der Waals surface area (Å²) in [5.41, 5.74) is 4.06. The van der Waals surface area contributed by atoms with Crippen molar-refractivity contribution in [1.29, 1.82) is 0 Å². The Kier molecular flexibility index (Phi) is 8.07. The molecule has 2 aromatic rings. The number of benzene rings is 2. The summed E-state index contributed by atoms with van der Waals surface area (Å²) in [7, 11) is 0. The molecule has 2 amide bonds. The minimum absolute atomic E-state index is 0.0193. The summed E-state index contributed by atoms with van der Waals surface area (Å²) in [6, 6.07) is 13.7. The van der Waals surface area contributed by atoms with Gasteiger partial charge in [-0.05, 0) is 49.6 Å². The maximum atomic E-state index is 12.6. The number of nitrogens with zero attached hydrogens (tertiary/aromatic N) is 2. The summed E-state index contributed by atoms with van der Waals surface area (Å²) < 4.78 is 0. The van der Waals surface area contributed by atoms with Crippen LogP contribution in [0.1, 0.15) is 29.7 Å². The standard InChI is InChI=1S/C24H31ClN4O2/c1-17-6-4-7-18(2)24(17)27-22(30)16-28-10-12-29(13-11-28)23(31)15-26-19(3)20-8-5-9-21(25)14-20/h4-9,14,19,26H,10-13,15-16H2,1-3H3,(H,27,30). The molecule has 31 heavy (non-hydrogen) atoms. The van der Waals surface area contributed by atoms with E-state index in [1.807, 2.05) is 68.1 Å². The number of hydrogen-bond donors (Lipinski definition) is 2. The normalized spacial score (nSPS) is 15.5. The van der Waals surface area contributed by atoms with Crippen molar-refractivity contribution in [3.8, 4) is 0 Å². The molecular weight excluding hydrogens is 412 g/mol. The van der Waals surface area contributed by atoms with Crippen LogP contribution in [0, 0.1) is 13.8 Å². The van der Waals surface area contributed by atoms with Gasteiger partial charge in [-0.25, -0.2) is 0 Å². The second-order valence-corrected chi connectivity index (χ2v) is 8.57. The van der Waals surface area contributed by atoms with Crippen molar-refractivity contribution in [2.24, 2.45) is 0 Å². The quantitative estimate of drug-likeness (QED) is 0.689. The number of amides is 2. The smallest absolute Gasteiger partial charge is 0.238 e. The van der Waals surface area contributed by atoms with Crippen LogP contribution in [0.2, 0.25) is 5.02 Å². The Hall–Kier alpha value is -2.41. The lowest BCUT2D eigenvalue weighted by Gasteiger charge is -2.34. The number of carbonyl (C=O) groups excluding carboxylic acids is 2. The van der Waals surface area contributed by atoms with E-state index in [2.05, 4.69) is 15.5 Å². The molecule has 1 unspecified atom stereocenters. The van der Waals surface area contributed by atoms with Gasteiger partial charge >= 0.3 is 0 Å². The second kappa shape index (κ2) is 10.8. The minimum atomic E-state index is -0.0193. The summed E-state index contributed by atoms with van der Waals surface area (Å²) in [5, 5.41) is 7.00. The molecule has 1 aliphatic heterocycles. The number of aryl methyl sites for hydroxylation is 2. The van der Waals surface area contributed by atoms with E-state index in [0.717, 1.165) is 22.4 Å². The molecular formula is C24H31ClN4O2. The van der Waals surface area contributed by atoms with Crippen molar-refractivity contribution in [3.63, 3.8) is 0 Å². The van der Waals surface area contributed by atoms with Gasteiger partial charge in [0.2, 0.25) is 11.8 Å². The van der Waals surface area contributed by atoms with E-state index in [0.29, 0.717) is 37.7 Å². The molecule has 0 aromatic heterocycles. The largest absolute Gasteiger partial charge is 0.339 e. The average Bonchev–Trinajstić information content (AvgIpc) is 2.75. The predicted molar refractivity (Wildman–Crippen MR) is 125 cm³/mol. The molecule has 3 rings (SSSR count). The van der Waals surface area contributed by atoms with Crippen LogP contribution in [0.15, 0.2) is 42.5 Å². The molecule has 0 saturated carbocycles. The molecule has 2 N–H and O–H groups in total. The van der Waals surface area contributed by atoms with Crippen LogP contribution in [0.4, 0.5) is 5.69 Å². The van der Waals surface area contributed by atoms with Gasteiger partial charge in [0.15, 0.2) is 0 Å². The van der Waals surface area contributed by atoms with Gasteiger partial charge in [-0.3, -0.25) is 14.5 Å². The van der Waals surface area contributed by atoms with E-state index in [9.17, 15) is 9.59 Å². The fourth-order valence-corrected chi connectivity index (χ4v) is 3.99. The molecule has 6 nitrogen and oxygen atoms in total.